The average molecular weight is 452 g/mol. The van der Waals surface area contributed by atoms with Gasteiger partial charge in [0, 0.05) is 13.2 Å². The van der Waals surface area contributed by atoms with E-state index in [1.54, 1.807) is 30.2 Å². The summed E-state index contributed by atoms with van der Waals surface area (Å²) in [6.07, 6.45) is 5.53. The van der Waals surface area contributed by atoms with E-state index < -0.39 is 5.82 Å². The molecule has 1 amide bonds. The number of hydrogen-bond donors (Lipinski definition) is 3. The van der Waals surface area contributed by atoms with Gasteiger partial charge in [-0.25, -0.2) is 4.39 Å². The SMILES string of the molecule is CCCc1ccc(C(=N)N)c(F)c1.CNC(=O)Cc1ccc(Cn2cc(C(C)=O)cn2)cc1. The molecule has 33 heavy (non-hydrogen) atoms. The van der Waals surface area contributed by atoms with Crippen molar-refractivity contribution in [3.63, 3.8) is 0 Å². The van der Waals surface area contributed by atoms with Crippen molar-refractivity contribution in [2.45, 2.75) is 39.7 Å². The standard InChI is InChI=1S/C15H17N3O2.C10H13FN2/c1-11(19)14-8-17-18(10-14)9-13-5-3-12(4-6-13)7-15(20)16-2;1-2-3-7-4-5-8(10(12)13)9(11)6-7/h3-6,8,10H,7,9H2,1-2H3,(H,16,20);4-6H,2-3H2,1H3,(H3,12,13). The summed E-state index contributed by atoms with van der Waals surface area (Å²) in [4.78, 5) is 22.5. The molecule has 0 aliphatic rings. The number of benzene rings is 2. The van der Waals surface area contributed by atoms with Crippen LogP contribution >= 0.6 is 0 Å². The zero-order valence-corrected chi connectivity index (χ0v) is 19.2. The minimum atomic E-state index is -0.404. The van der Waals surface area contributed by atoms with Crippen LogP contribution in [0.5, 0.6) is 0 Å². The average Bonchev–Trinajstić information content (AvgIpc) is 3.24. The van der Waals surface area contributed by atoms with Gasteiger partial charge in [0.15, 0.2) is 5.78 Å². The molecule has 1 heterocycles. The lowest BCUT2D eigenvalue weighted by molar-refractivity contribution is -0.119. The minimum absolute atomic E-state index is 0.00377. The normalized spacial score (nSPS) is 10.2. The summed E-state index contributed by atoms with van der Waals surface area (Å²) in [5.74, 6) is -0.618. The number of nitrogens with zero attached hydrogens (tertiary/aromatic N) is 2. The van der Waals surface area contributed by atoms with Crippen molar-refractivity contribution in [1.29, 1.82) is 5.41 Å². The highest BCUT2D eigenvalue weighted by atomic mass is 19.1. The molecule has 0 radical (unpaired) electrons. The fraction of sp³-hybridized carbons (Fsp3) is 0.280. The van der Waals surface area contributed by atoms with E-state index in [0.717, 1.165) is 29.5 Å². The van der Waals surface area contributed by atoms with Gasteiger partial charge in [0.05, 0.1) is 30.3 Å². The Morgan fingerprint density at radius 3 is 2.27 bits per heavy atom. The first-order chi connectivity index (χ1) is 15.7. The summed E-state index contributed by atoms with van der Waals surface area (Å²) < 4.78 is 14.9. The van der Waals surface area contributed by atoms with Crippen LogP contribution in [0.3, 0.4) is 0 Å². The Balaban J connectivity index is 0.000000257. The molecule has 0 spiro atoms. The second-order valence-electron chi connectivity index (χ2n) is 7.63. The van der Waals surface area contributed by atoms with Gasteiger partial charge >= 0.3 is 0 Å². The van der Waals surface area contributed by atoms with Crippen LogP contribution in [0.2, 0.25) is 0 Å². The van der Waals surface area contributed by atoms with Gasteiger partial charge in [-0.1, -0.05) is 43.7 Å². The molecule has 0 saturated heterocycles. The molecule has 0 atom stereocenters. The first-order valence-corrected chi connectivity index (χ1v) is 10.7. The van der Waals surface area contributed by atoms with Crippen molar-refractivity contribution in [1.82, 2.24) is 15.1 Å². The second kappa shape index (κ2) is 12.3. The van der Waals surface area contributed by atoms with Gasteiger partial charge in [0.1, 0.15) is 11.7 Å². The lowest BCUT2D eigenvalue weighted by atomic mass is 10.1. The summed E-state index contributed by atoms with van der Waals surface area (Å²) in [5, 5.41) is 13.8. The molecule has 8 heteroatoms. The number of aromatic nitrogens is 2. The molecular formula is C25H30FN5O2. The number of nitrogens with two attached hydrogens (primary N) is 1. The van der Waals surface area contributed by atoms with Gasteiger partial charge < -0.3 is 11.1 Å². The maximum absolute atomic E-state index is 13.2. The number of ketones is 1. The van der Waals surface area contributed by atoms with Gasteiger partial charge in [-0.3, -0.25) is 19.7 Å². The zero-order chi connectivity index (χ0) is 24.4. The van der Waals surface area contributed by atoms with Crippen LogP contribution in [0.1, 0.15) is 52.9 Å². The van der Waals surface area contributed by atoms with E-state index in [-0.39, 0.29) is 23.1 Å². The second-order valence-corrected chi connectivity index (χ2v) is 7.63. The predicted molar refractivity (Wildman–Crippen MR) is 127 cm³/mol. The zero-order valence-electron chi connectivity index (χ0n) is 19.2. The first kappa shape index (κ1) is 25.5. The van der Waals surface area contributed by atoms with E-state index in [2.05, 4.69) is 10.4 Å². The number of hydrogen-bond acceptors (Lipinski definition) is 4. The molecule has 1 aromatic heterocycles. The number of amides is 1. The Morgan fingerprint density at radius 1 is 1.12 bits per heavy atom. The maximum atomic E-state index is 13.2. The van der Waals surface area contributed by atoms with Crippen LogP contribution in [0.25, 0.3) is 0 Å². The van der Waals surface area contributed by atoms with E-state index >= 15 is 0 Å². The molecule has 0 aliphatic heterocycles. The molecule has 7 nitrogen and oxygen atoms in total. The van der Waals surface area contributed by atoms with Gasteiger partial charge in [0.25, 0.3) is 0 Å². The Morgan fingerprint density at radius 2 is 1.76 bits per heavy atom. The molecule has 2 aromatic carbocycles. The molecule has 0 aliphatic carbocycles. The Labute approximate surface area is 193 Å². The monoisotopic (exact) mass is 451 g/mol. The predicted octanol–water partition coefficient (Wildman–Crippen LogP) is 3.48. The molecule has 3 rings (SSSR count). The number of carbonyl (C=O) groups is 2. The first-order valence-electron chi connectivity index (χ1n) is 10.7. The van der Waals surface area contributed by atoms with Crippen molar-refractivity contribution in [2.75, 3.05) is 7.05 Å². The fourth-order valence-electron chi connectivity index (χ4n) is 3.08. The van der Waals surface area contributed by atoms with E-state index in [9.17, 15) is 14.0 Å². The summed E-state index contributed by atoms with van der Waals surface area (Å²) in [6, 6.07) is 12.6. The van der Waals surface area contributed by atoms with E-state index in [1.807, 2.05) is 37.3 Å². The number of likely N-dealkylation sites (N-methyl/N-ethyl adjacent to an activating group) is 1. The van der Waals surface area contributed by atoms with Crippen LogP contribution < -0.4 is 11.1 Å². The quantitative estimate of drug-likeness (QED) is 0.276. The fourth-order valence-corrected chi connectivity index (χ4v) is 3.08. The molecule has 174 valence electrons. The highest BCUT2D eigenvalue weighted by Gasteiger charge is 2.06. The Hall–Kier alpha value is -3.81. The van der Waals surface area contributed by atoms with E-state index in [4.69, 9.17) is 11.1 Å². The smallest absolute Gasteiger partial charge is 0.224 e. The van der Waals surface area contributed by atoms with Crippen molar-refractivity contribution in [3.8, 4) is 0 Å². The van der Waals surface area contributed by atoms with Crippen LogP contribution in [-0.2, 0) is 24.2 Å². The number of nitrogens with one attached hydrogen (secondary N) is 2. The van der Waals surface area contributed by atoms with Crippen LogP contribution in [0.15, 0.2) is 54.9 Å². The third-order valence-electron chi connectivity index (χ3n) is 4.91. The number of rotatable bonds is 8. The van der Waals surface area contributed by atoms with Gasteiger partial charge in [-0.15, -0.1) is 0 Å². The number of carbonyl (C=O) groups excluding carboxylic acids is 2. The van der Waals surface area contributed by atoms with E-state index in [0.29, 0.717) is 18.5 Å². The Bertz CT molecular complexity index is 1110. The molecule has 3 aromatic rings. The molecule has 4 N–H and O–H groups in total. The number of aryl methyl sites for hydroxylation is 1. The molecule has 0 unspecified atom stereocenters. The van der Waals surface area contributed by atoms with Crippen molar-refractivity contribution in [3.05, 3.63) is 88.5 Å². The molecule has 0 saturated carbocycles. The topological polar surface area (TPSA) is 114 Å². The maximum Gasteiger partial charge on any atom is 0.224 e. The minimum Gasteiger partial charge on any atom is -0.384 e. The van der Waals surface area contributed by atoms with Crippen molar-refractivity contribution >= 4 is 17.5 Å². The summed E-state index contributed by atoms with van der Waals surface area (Å²) in [6.45, 7) is 4.17. The van der Waals surface area contributed by atoms with Crippen LogP contribution in [0, 0.1) is 11.2 Å². The van der Waals surface area contributed by atoms with Gasteiger partial charge in [0.2, 0.25) is 5.91 Å². The highest BCUT2D eigenvalue weighted by molar-refractivity contribution is 5.95. The third-order valence-corrected chi connectivity index (χ3v) is 4.91. The molecule has 0 fully saturated rings. The summed E-state index contributed by atoms with van der Waals surface area (Å²) in [7, 11) is 1.63. The van der Waals surface area contributed by atoms with Gasteiger partial charge in [-0.05, 0) is 42.2 Å². The summed E-state index contributed by atoms with van der Waals surface area (Å²) in [5.41, 5.74) is 8.97. The number of amidine groups is 1. The van der Waals surface area contributed by atoms with Crippen molar-refractivity contribution < 1.29 is 14.0 Å². The lowest BCUT2D eigenvalue weighted by Crippen LogP contribution is -2.19. The molecular weight excluding hydrogens is 421 g/mol. The number of nitrogen functional groups attached to an aromatic ring is 1. The lowest BCUT2D eigenvalue weighted by Gasteiger charge is -2.04. The third kappa shape index (κ3) is 7.99. The highest BCUT2D eigenvalue weighted by Crippen LogP contribution is 2.11. The number of halogens is 1. The number of Topliss-reactive ketones (excluding diaryl/α,β-unsaturated/α-hetero) is 1. The Kier molecular flexibility index (Phi) is 9.47. The van der Waals surface area contributed by atoms with Crippen LogP contribution in [-0.4, -0.2) is 34.4 Å². The molecule has 0 bridgehead atoms. The summed E-state index contributed by atoms with van der Waals surface area (Å²) >= 11 is 0. The largest absolute Gasteiger partial charge is 0.384 e. The van der Waals surface area contributed by atoms with Crippen LogP contribution in [0.4, 0.5) is 4.39 Å². The van der Waals surface area contributed by atoms with Crippen molar-refractivity contribution in [2.24, 2.45) is 5.73 Å². The van der Waals surface area contributed by atoms with Gasteiger partial charge in [-0.2, -0.15) is 5.10 Å². The van der Waals surface area contributed by atoms with E-state index in [1.165, 1.54) is 13.0 Å².